The number of hydrogen-bond acceptors (Lipinski definition) is 4. The molecule has 170 valence electrons. The lowest BCUT2D eigenvalue weighted by Gasteiger charge is -2.37. The molecule has 0 aliphatic carbocycles. The van der Waals surface area contributed by atoms with Crippen LogP contribution in [0.3, 0.4) is 0 Å². The van der Waals surface area contributed by atoms with Crippen LogP contribution in [-0.2, 0) is 6.18 Å². The van der Waals surface area contributed by atoms with Crippen LogP contribution in [0.4, 0.5) is 26.3 Å². The summed E-state index contributed by atoms with van der Waals surface area (Å²) in [5, 5.41) is 4.02. The van der Waals surface area contributed by atoms with Crippen molar-refractivity contribution in [2.45, 2.75) is 31.9 Å². The summed E-state index contributed by atoms with van der Waals surface area (Å²) in [6, 6.07) is 3.72. The molecule has 12 heteroatoms. The van der Waals surface area contributed by atoms with Crippen LogP contribution in [0, 0.1) is 11.7 Å². The SMILES string of the molecule is C[C@@H]1CCN(C(=O)c2cccc(C(F)(F)F)c2F)C[C@H]1c1cc(C(F)F)nc2ncnn12. The van der Waals surface area contributed by atoms with E-state index in [1.54, 1.807) is 0 Å². The molecule has 1 saturated heterocycles. The Bertz CT molecular complexity index is 1160. The zero-order valence-corrected chi connectivity index (χ0v) is 16.7. The molecule has 3 heterocycles. The summed E-state index contributed by atoms with van der Waals surface area (Å²) in [7, 11) is 0. The number of nitrogens with zero attached hydrogens (tertiary/aromatic N) is 5. The maximum atomic E-state index is 14.5. The van der Waals surface area contributed by atoms with Crippen LogP contribution in [0.25, 0.3) is 5.78 Å². The zero-order valence-electron chi connectivity index (χ0n) is 16.7. The molecule has 1 aliphatic rings. The first kappa shape index (κ1) is 22.0. The van der Waals surface area contributed by atoms with Gasteiger partial charge in [0.1, 0.15) is 17.8 Å². The summed E-state index contributed by atoms with van der Waals surface area (Å²) in [6.45, 7) is 2.03. The van der Waals surface area contributed by atoms with Gasteiger partial charge < -0.3 is 4.90 Å². The summed E-state index contributed by atoms with van der Waals surface area (Å²) >= 11 is 0. The minimum Gasteiger partial charge on any atom is -0.338 e. The van der Waals surface area contributed by atoms with Crippen LogP contribution < -0.4 is 0 Å². The maximum Gasteiger partial charge on any atom is 0.419 e. The summed E-state index contributed by atoms with van der Waals surface area (Å²) in [5.74, 6) is -3.14. The molecular formula is C20H17F6N5O. The van der Waals surface area contributed by atoms with Crippen molar-refractivity contribution in [3.8, 4) is 0 Å². The van der Waals surface area contributed by atoms with Crippen molar-refractivity contribution in [2.24, 2.45) is 5.92 Å². The van der Waals surface area contributed by atoms with Gasteiger partial charge in [-0.1, -0.05) is 13.0 Å². The average molecular weight is 457 g/mol. The quantitative estimate of drug-likeness (QED) is 0.544. The number of rotatable bonds is 3. The van der Waals surface area contributed by atoms with Gasteiger partial charge in [-0.3, -0.25) is 4.79 Å². The Morgan fingerprint density at radius 2 is 2.00 bits per heavy atom. The fraction of sp³-hybridized carbons (Fsp3) is 0.400. The van der Waals surface area contributed by atoms with Gasteiger partial charge in [0.25, 0.3) is 18.1 Å². The third-order valence-corrected chi connectivity index (χ3v) is 5.68. The van der Waals surface area contributed by atoms with Crippen molar-refractivity contribution >= 4 is 11.7 Å². The molecule has 0 radical (unpaired) electrons. The van der Waals surface area contributed by atoms with Crippen molar-refractivity contribution in [3.05, 3.63) is 58.9 Å². The highest BCUT2D eigenvalue weighted by atomic mass is 19.4. The molecule has 4 rings (SSSR count). The van der Waals surface area contributed by atoms with Crippen molar-refractivity contribution in [2.75, 3.05) is 13.1 Å². The van der Waals surface area contributed by atoms with E-state index in [4.69, 9.17) is 0 Å². The number of benzene rings is 1. The molecule has 2 atom stereocenters. The Labute approximate surface area is 177 Å². The zero-order chi connectivity index (χ0) is 23.2. The van der Waals surface area contributed by atoms with Crippen molar-refractivity contribution in [3.63, 3.8) is 0 Å². The number of alkyl halides is 5. The number of likely N-dealkylation sites (tertiary alicyclic amines) is 1. The predicted molar refractivity (Wildman–Crippen MR) is 99.6 cm³/mol. The Balaban J connectivity index is 1.69. The second kappa shape index (κ2) is 8.06. The maximum absolute atomic E-state index is 14.5. The Morgan fingerprint density at radius 3 is 2.69 bits per heavy atom. The van der Waals surface area contributed by atoms with Gasteiger partial charge in [0.2, 0.25) is 0 Å². The Hall–Kier alpha value is -3.18. The summed E-state index contributed by atoms with van der Waals surface area (Å²) in [4.78, 5) is 21.8. The average Bonchev–Trinajstić information content (AvgIpc) is 3.21. The molecule has 1 fully saturated rings. The van der Waals surface area contributed by atoms with Crippen molar-refractivity contribution < 1.29 is 31.1 Å². The summed E-state index contributed by atoms with van der Waals surface area (Å²) in [5.41, 5.74) is -2.37. The number of fused-ring (bicyclic) bond motifs is 1. The van der Waals surface area contributed by atoms with E-state index in [2.05, 4.69) is 15.1 Å². The molecule has 1 aromatic carbocycles. The van der Waals surface area contributed by atoms with E-state index in [0.717, 1.165) is 18.5 Å². The molecular weight excluding hydrogens is 440 g/mol. The van der Waals surface area contributed by atoms with Crippen molar-refractivity contribution in [1.82, 2.24) is 24.5 Å². The fourth-order valence-electron chi connectivity index (χ4n) is 3.96. The molecule has 6 nitrogen and oxygen atoms in total. The summed E-state index contributed by atoms with van der Waals surface area (Å²) in [6.07, 6.45) is -6.21. The first-order chi connectivity index (χ1) is 15.1. The second-order valence-corrected chi connectivity index (χ2v) is 7.67. The van der Waals surface area contributed by atoms with Gasteiger partial charge in [0.15, 0.2) is 0 Å². The first-order valence-corrected chi connectivity index (χ1v) is 9.71. The number of carbonyl (C=O) groups excluding carboxylic acids is 1. The van der Waals surface area contributed by atoms with Gasteiger partial charge in [-0.15, -0.1) is 0 Å². The Kier molecular flexibility index (Phi) is 5.55. The molecule has 0 spiro atoms. The molecule has 2 aromatic heterocycles. The van der Waals surface area contributed by atoms with Gasteiger partial charge in [0.05, 0.1) is 16.8 Å². The first-order valence-electron chi connectivity index (χ1n) is 9.71. The van der Waals surface area contributed by atoms with E-state index in [0.29, 0.717) is 18.2 Å². The number of carbonyl (C=O) groups is 1. The number of piperidine rings is 1. The molecule has 1 amide bonds. The minimum atomic E-state index is -4.94. The molecule has 0 bridgehead atoms. The van der Waals surface area contributed by atoms with Crippen LogP contribution in [0.15, 0.2) is 30.6 Å². The predicted octanol–water partition coefficient (Wildman–Crippen LogP) is 4.49. The lowest BCUT2D eigenvalue weighted by molar-refractivity contribution is -0.140. The minimum absolute atomic E-state index is 0.0165. The second-order valence-electron chi connectivity index (χ2n) is 7.67. The van der Waals surface area contributed by atoms with Crippen LogP contribution in [0.2, 0.25) is 0 Å². The van der Waals surface area contributed by atoms with Crippen LogP contribution in [0.5, 0.6) is 0 Å². The molecule has 3 aromatic rings. The monoisotopic (exact) mass is 457 g/mol. The van der Waals surface area contributed by atoms with E-state index in [-0.39, 0.29) is 24.8 Å². The number of halogens is 6. The van der Waals surface area contributed by atoms with E-state index in [1.807, 2.05) is 6.92 Å². The van der Waals surface area contributed by atoms with Crippen LogP contribution in [-0.4, -0.2) is 43.5 Å². The lowest BCUT2D eigenvalue weighted by atomic mass is 9.84. The highest BCUT2D eigenvalue weighted by Crippen LogP contribution is 2.36. The van der Waals surface area contributed by atoms with Gasteiger partial charge >= 0.3 is 6.18 Å². The summed E-state index contributed by atoms with van der Waals surface area (Å²) < 4.78 is 81.6. The largest absolute Gasteiger partial charge is 0.419 e. The normalized spacial score (nSPS) is 19.7. The van der Waals surface area contributed by atoms with E-state index < -0.39 is 47.1 Å². The third-order valence-electron chi connectivity index (χ3n) is 5.68. The van der Waals surface area contributed by atoms with Crippen molar-refractivity contribution in [1.29, 1.82) is 0 Å². The van der Waals surface area contributed by atoms with Crippen LogP contribution in [0.1, 0.15) is 53.0 Å². The lowest BCUT2D eigenvalue weighted by Crippen LogP contribution is -2.43. The molecule has 1 aliphatic heterocycles. The van der Waals surface area contributed by atoms with E-state index in [9.17, 15) is 31.1 Å². The molecule has 0 unspecified atom stereocenters. The molecule has 0 saturated carbocycles. The number of aromatic nitrogens is 4. The topological polar surface area (TPSA) is 63.4 Å². The Morgan fingerprint density at radius 1 is 1.25 bits per heavy atom. The van der Waals surface area contributed by atoms with Gasteiger partial charge in [-0.2, -0.15) is 23.3 Å². The smallest absolute Gasteiger partial charge is 0.338 e. The van der Waals surface area contributed by atoms with E-state index in [1.165, 1.54) is 15.5 Å². The van der Waals surface area contributed by atoms with Gasteiger partial charge in [-0.25, -0.2) is 22.7 Å². The fourth-order valence-corrected chi connectivity index (χ4v) is 3.96. The third kappa shape index (κ3) is 3.89. The number of hydrogen-bond donors (Lipinski definition) is 0. The number of amides is 1. The molecule has 32 heavy (non-hydrogen) atoms. The van der Waals surface area contributed by atoms with Gasteiger partial charge in [-0.05, 0) is 30.5 Å². The molecule has 0 N–H and O–H groups in total. The highest BCUT2D eigenvalue weighted by molar-refractivity contribution is 5.95. The van der Waals surface area contributed by atoms with Gasteiger partial charge in [0, 0.05) is 19.0 Å². The van der Waals surface area contributed by atoms with E-state index >= 15 is 0 Å². The highest BCUT2D eigenvalue weighted by Gasteiger charge is 2.38. The van der Waals surface area contributed by atoms with Crippen LogP contribution >= 0.6 is 0 Å². The standard InChI is InChI=1S/C20H17F6N5O/c1-10-5-6-30(18(32)11-3-2-4-13(16(11)21)20(24,25)26)8-12(10)15-7-14(17(22)23)29-19-27-9-28-31(15)19/h2-4,7,9-10,12,17H,5-6,8H2,1H3/t10-,12-/m1/s1.